The van der Waals surface area contributed by atoms with Crippen LogP contribution in [0.5, 0.6) is 11.5 Å². The van der Waals surface area contributed by atoms with Crippen molar-refractivity contribution in [2.45, 2.75) is 36.9 Å². The van der Waals surface area contributed by atoms with Crippen molar-refractivity contribution in [2.75, 3.05) is 0 Å². The third kappa shape index (κ3) is 1.19. The first-order valence-electron chi connectivity index (χ1n) is 8.14. The summed E-state index contributed by atoms with van der Waals surface area (Å²) in [5, 5.41) is 4.86. The van der Waals surface area contributed by atoms with E-state index in [9.17, 15) is 0 Å². The molecule has 0 aromatic heterocycles. The molecule has 2 heteroatoms. The lowest BCUT2D eigenvalue weighted by Crippen LogP contribution is -2.44. The van der Waals surface area contributed by atoms with E-state index in [1.807, 2.05) is 0 Å². The molecular formula is C20H16O2. The average molecular weight is 288 g/mol. The number of benzene rings is 3. The van der Waals surface area contributed by atoms with E-state index < -0.39 is 0 Å². The highest BCUT2D eigenvalue weighted by atomic mass is 16.6. The third-order valence-corrected chi connectivity index (χ3v) is 5.67. The Hall–Kier alpha value is -2.22. The molecule has 3 aliphatic rings. The summed E-state index contributed by atoms with van der Waals surface area (Å²) in [5.41, 5.74) is -0.0730. The zero-order valence-electron chi connectivity index (χ0n) is 12.3. The molecule has 0 amide bonds. The fraction of sp³-hybridized carbons (Fsp3) is 0.300. The van der Waals surface area contributed by atoms with Gasteiger partial charge in [0.25, 0.3) is 0 Å². The minimum Gasteiger partial charge on any atom is -0.479 e. The first kappa shape index (κ1) is 11.4. The Balaban J connectivity index is 1.77. The van der Waals surface area contributed by atoms with Crippen LogP contribution in [0.2, 0.25) is 0 Å². The molecule has 6 rings (SSSR count). The van der Waals surface area contributed by atoms with Crippen LogP contribution in [0.3, 0.4) is 0 Å². The van der Waals surface area contributed by atoms with E-state index in [1.54, 1.807) is 0 Å². The van der Waals surface area contributed by atoms with Gasteiger partial charge in [-0.1, -0.05) is 48.5 Å². The highest BCUT2D eigenvalue weighted by Gasteiger charge is 2.72. The van der Waals surface area contributed by atoms with Gasteiger partial charge in [0.05, 0.1) is 0 Å². The third-order valence-electron chi connectivity index (χ3n) is 5.67. The van der Waals surface area contributed by atoms with Gasteiger partial charge < -0.3 is 9.47 Å². The van der Waals surface area contributed by atoms with E-state index in [4.69, 9.17) is 9.47 Å². The molecule has 2 saturated carbocycles. The second-order valence-corrected chi connectivity index (χ2v) is 6.94. The fourth-order valence-electron chi connectivity index (χ4n) is 4.20. The van der Waals surface area contributed by atoms with Crippen molar-refractivity contribution in [3.8, 4) is 11.5 Å². The Kier molecular flexibility index (Phi) is 1.76. The van der Waals surface area contributed by atoms with E-state index in [1.165, 1.54) is 21.5 Å². The fourth-order valence-corrected chi connectivity index (χ4v) is 4.20. The van der Waals surface area contributed by atoms with Crippen molar-refractivity contribution in [3.63, 3.8) is 0 Å². The van der Waals surface area contributed by atoms with Crippen molar-refractivity contribution in [1.29, 1.82) is 0 Å². The summed E-state index contributed by atoms with van der Waals surface area (Å²) in [7, 11) is 0. The highest BCUT2D eigenvalue weighted by Crippen LogP contribution is 2.66. The van der Waals surface area contributed by atoms with E-state index in [0.29, 0.717) is 0 Å². The highest BCUT2D eigenvalue weighted by molar-refractivity contribution is 6.13. The molecule has 0 bridgehead atoms. The summed E-state index contributed by atoms with van der Waals surface area (Å²) in [4.78, 5) is 0. The minimum absolute atomic E-state index is 0.0365. The van der Waals surface area contributed by atoms with Crippen LogP contribution in [0.1, 0.15) is 25.7 Å². The predicted molar refractivity (Wildman–Crippen MR) is 86.6 cm³/mol. The number of ether oxygens (including phenoxy) is 2. The summed E-state index contributed by atoms with van der Waals surface area (Å²) in [6.45, 7) is 0. The first-order chi connectivity index (χ1) is 10.8. The van der Waals surface area contributed by atoms with Crippen molar-refractivity contribution in [3.05, 3.63) is 48.5 Å². The van der Waals surface area contributed by atoms with Gasteiger partial charge >= 0.3 is 0 Å². The van der Waals surface area contributed by atoms with Crippen molar-refractivity contribution >= 4 is 21.5 Å². The SMILES string of the molecule is c1ccc2c(c1)c1c(c3ccccc32)OC2(CC2)C2(CC2)O1. The summed E-state index contributed by atoms with van der Waals surface area (Å²) in [5.74, 6) is 1.92. The largest absolute Gasteiger partial charge is 0.479 e. The number of hydrogen-bond donors (Lipinski definition) is 0. The van der Waals surface area contributed by atoms with E-state index in [0.717, 1.165) is 37.2 Å². The molecule has 2 aliphatic carbocycles. The Morgan fingerprint density at radius 3 is 1.27 bits per heavy atom. The van der Waals surface area contributed by atoms with Gasteiger partial charge in [-0.25, -0.2) is 0 Å². The first-order valence-corrected chi connectivity index (χ1v) is 8.14. The van der Waals surface area contributed by atoms with Crippen molar-refractivity contribution in [1.82, 2.24) is 0 Å². The van der Waals surface area contributed by atoms with Crippen LogP contribution in [0.4, 0.5) is 0 Å². The zero-order chi connectivity index (χ0) is 14.4. The normalized spacial score (nSPS) is 22.4. The van der Waals surface area contributed by atoms with Crippen LogP contribution < -0.4 is 9.47 Å². The number of hydrogen-bond acceptors (Lipinski definition) is 2. The molecule has 22 heavy (non-hydrogen) atoms. The average Bonchev–Trinajstić information content (AvgIpc) is 3.47. The maximum Gasteiger partial charge on any atom is 0.170 e. The lowest BCUT2D eigenvalue weighted by molar-refractivity contribution is -0.0135. The van der Waals surface area contributed by atoms with Crippen molar-refractivity contribution < 1.29 is 9.47 Å². The molecule has 3 aromatic rings. The van der Waals surface area contributed by atoms with Gasteiger partial charge in [-0.15, -0.1) is 0 Å². The van der Waals surface area contributed by atoms with Crippen LogP contribution >= 0.6 is 0 Å². The summed E-state index contributed by atoms with van der Waals surface area (Å²) in [6, 6.07) is 17.0. The summed E-state index contributed by atoms with van der Waals surface area (Å²) >= 11 is 0. The second kappa shape index (κ2) is 3.40. The molecule has 0 radical (unpaired) electrons. The summed E-state index contributed by atoms with van der Waals surface area (Å²) < 4.78 is 13.2. The molecule has 0 atom stereocenters. The van der Waals surface area contributed by atoms with Gasteiger partial charge in [0, 0.05) is 10.8 Å². The Labute approximate surface area is 128 Å². The van der Waals surface area contributed by atoms with Crippen LogP contribution in [-0.4, -0.2) is 11.2 Å². The summed E-state index contributed by atoms with van der Waals surface area (Å²) in [6.07, 6.45) is 4.53. The molecule has 2 nitrogen and oxygen atoms in total. The van der Waals surface area contributed by atoms with Crippen LogP contribution in [-0.2, 0) is 0 Å². The Morgan fingerprint density at radius 1 is 0.545 bits per heavy atom. The maximum atomic E-state index is 6.60. The monoisotopic (exact) mass is 288 g/mol. The number of fused-ring (bicyclic) bond motifs is 7. The number of rotatable bonds is 0. The van der Waals surface area contributed by atoms with Gasteiger partial charge in [-0.2, -0.15) is 0 Å². The Bertz CT molecular complexity index is 870. The second-order valence-electron chi connectivity index (χ2n) is 6.94. The molecule has 2 spiro atoms. The predicted octanol–water partition coefficient (Wildman–Crippen LogP) is 4.83. The molecule has 0 saturated heterocycles. The quantitative estimate of drug-likeness (QED) is 0.552. The molecule has 1 aliphatic heterocycles. The molecule has 2 fully saturated rings. The van der Waals surface area contributed by atoms with Gasteiger partial charge in [-0.3, -0.25) is 0 Å². The molecular weight excluding hydrogens is 272 g/mol. The molecule has 0 unspecified atom stereocenters. The molecule has 108 valence electrons. The van der Waals surface area contributed by atoms with Gasteiger partial charge in [0.1, 0.15) is 11.2 Å². The maximum absolute atomic E-state index is 6.60. The molecule has 3 aromatic carbocycles. The lowest BCUT2D eigenvalue weighted by Gasteiger charge is -2.36. The van der Waals surface area contributed by atoms with E-state index in [2.05, 4.69) is 48.5 Å². The van der Waals surface area contributed by atoms with Crippen LogP contribution in [0, 0.1) is 0 Å². The van der Waals surface area contributed by atoms with E-state index >= 15 is 0 Å². The molecule has 0 N–H and O–H groups in total. The van der Waals surface area contributed by atoms with E-state index in [-0.39, 0.29) is 11.2 Å². The topological polar surface area (TPSA) is 18.5 Å². The smallest absolute Gasteiger partial charge is 0.170 e. The van der Waals surface area contributed by atoms with Gasteiger partial charge in [0.2, 0.25) is 0 Å². The lowest BCUT2D eigenvalue weighted by atomic mass is 9.98. The van der Waals surface area contributed by atoms with Gasteiger partial charge in [-0.05, 0) is 36.5 Å². The van der Waals surface area contributed by atoms with Crippen LogP contribution in [0.15, 0.2) is 48.5 Å². The van der Waals surface area contributed by atoms with Gasteiger partial charge in [0.15, 0.2) is 11.5 Å². The standard InChI is InChI=1S/C20H16O2/c1-3-7-15-13(5-1)14-6-2-4-8-16(14)18-17(15)21-19(9-10-19)20(22-18)11-12-20/h1-8H,9-12H2. The Morgan fingerprint density at radius 2 is 0.909 bits per heavy atom. The zero-order valence-corrected chi connectivity index (χ0v) is 12.3. The van der Waals surface area contributed by atoms with Crippen molar-refractivity contribution in [2.24, 2.45) is 0 Å². The minimum atomic E-state index is -0.0365. The van der Waals surface area contributed by atoms with Crippen LogP contribution in [0.25, 0.3) is 21.5 Å². The molecule has 1 heterocycles.